The van der Waals surface area contributed by atoms with Crippen molar-refractivity contribution in [1.29, 1.82) is 0 Å². The monoisotopic (exact) mass is 353 g/mol. The smallest absolute Gasteiger partial charge is 0.311 e. The Morgan fingerprint density at radius 2 is 1.96 bits per heavy atom. The molecule has 23 heavy (non-hydrogen) atoms. The van der Waals surface area contributed by atoms with E-state index in [4.69, 9.17) is 11.6 Å². The summed E-state index contributed by atoms with van der Waals surface area (Å²) < 4.78 is 1.22. The molecule has 0 fully saturated rings. The lowest BCUT2D eigenvalue weighted by Gasteiger charge is -2.13. The van der Waals surface area contributed by atoms with Crippen LogP contribution >= 0.6 is 23.4 Å². The maximum Gasteiger partial charge on any atom is 0.334 e. The zero-order valence-electron chi connectivity index (χ0n) is 12.6. The van der Waals surface area contributed by atoms with Crippen LogP contribution in [0.3, 0.4) is 0 Å². The minimum atomic E-state index is -0.633. The van der Waals surface area contributed by atoms with Gasteiger partial charge in [-0.15, -0.1) is 11.8 Å². The number of amides is 1. The number of carbonyl (C=O) groups excluding carboxylic acids is 1. The molecule has 0 unspecified atom stereocenters. The van der Waals surface area contributed by atoms with Crippen LogP contribution in [0.15, 0.2) is 39.9 Å². The SMILES string of the molecule is CC(C)SCC(=O)Nc1cc(=O)[nH]c(=O)n1-c1ccc(Cl)cc1. The number of hydrogen-bond donors (Lipinski definition) is 2. The highest BCUT2D eigenvalue weighted by Crippen LogP contribution is 2.16. The van der Waals surface area contributed by atoms with Gasteiger partial charge in [-0.2, -0.15) is 0 Å². The van der Waals surface area contributed by atoms with Gasteiger partial charge < -0.3 is 5.32 Å². The maximum atomic E-state index is 12.1. The van der Waals surface area contributed by atoms with Crippen LogP contribution in [0, 0.1) is 0 Å². The molecule has 0 aliphatic heterocycles. The summed E-state index contributed by atoms with van der Waals surface area (Å²) in [5, 5.41) is 3.43. The third kappa shape index (κ3) is 4.74. The minimum Gasteiger partial charge on any atom is -0.311 e. The molecule has 0 spiro atoms. The van der Waals surface area contributed by atoms with Gasteiger partial charge in [0.15, 0.2) is 0 Å². The number of carbonyl (C=O) groups is 1. The first-order valence-corrected chi connectivity index (χ1v) is 8.33. The molecule has 0 radical (unpaired) electrons. The van der Waals surface area contributed by atoms with E-state index >= 15 is 0 Å². The number of aromatic amines is 1. The number of benzene rings is 1. The van der Waals surface area contributed by atoms with Gasteiger partial charge in [-0.05, 0) is 29.5 Å². The molecular weight excluding hydrogens is 338 g/mol. The molecular formula is C15H16ClN3O3S. The second-order valence-electron chi connectivity index (χ2n) is 5.04. The van der Waals surface area contributed by atoms with E-state index in [1.807, 2.05) is 13.8 Å². The van der Waals surface area contributed by atoms with Crippen molar-refractivity contribution < 1.29 is 4.79 Å². The molecule has 1 heterocycles. The largest absolute Gasteiger partial charge is 0.334 e. The van der Waals surface area contributed by atoms with Crippen LogP contribution in [0.1, 0.15) is 13.8 Å². The highest BCUT2D eigenvalue weighted by atomic mass is 35.5. The molecule has 1 aromatic heterocycles. The first-order valence-electron chi connectivity index (χ1n) is 6.90. The number of halogens is 1. The highest BCUT2D eigenvalue weighted by Gasteiger charge is 2.12. The quantitative estimate of drug-likeness (QED) is 0.863. The zero-order valence-corrected chi connectivity index (χ0v) is 14.2. The zero-order chi connectivity index (χ0) is 17.0. The Hall–Kier alpha value is -1.99. The van der Waals surface area contributed by atoms with E-state index in [1.165, 1.54) is 22.4 Å². The normalized spacial score (nSPS) is 10.8. The maximum absolute atomic E-state index is 12.1. The van der Waals surface area contributed by atoms with Gasteiger partial charge in [0, 0.05) is 11.1 Å². The van der Waals surface area contributed by atoms with E-state index in [1.54, 1.807) is 24.3 Å². The summed E-state index contributed by atoms with van der Waals surface area (Å²) in [5.74, 6) is 0.0751. The number of rotatable bonds is 5. The molecule has 0 atom stereocenters. The fourth-order valence-electron chi connectivity index (χ4n) is 1.86. The van der Waals surface area contributed by atoms with E-state index in [0.29, 0.717) is 16.0 Å². The number of aromatic nitrogens is 2. The highest BCUT2D eigenvalue weighted by molar-refractivity contribution is 8.00. The molecule has 0 bridgehead atoms. The summed E-state index contributed by atoms with van der Waals surface area (Å²) in [6, 6.07) is 7.67. The molecule has 2 N–H and O–H groups in total. The Bertz CT molecular complexity index is 812. The van der Waals surface area contributed by atoms with Crippen LogP contribution < -0.4 is 16.6 Å². The molecule has 6 nitrogen and oxygen atoms in total. The van der Waals surface area contributed by atoms with Crippen molar-refractivity contribution in [2.45, 2.75) is 19.1 Å². The Morgan fingerprint density at radius 1 is 1.30 bits per heavy atom. The average Bonchev–Trinajstić information content (AvgIpc) is 2.46. The van der Waals surface area contributed by atoms with Gasteiger partial charge in [-0.25, -0.2) is 9.36 Å². The number of hydrogen-bond acceptors (Lipinski definition) is 4. The molecule has 8 heteroatoms. The van der Waals surface area contributed by atoms with Crippen molar-refractivity contribution in [3.8, 4) is 5.69 Å². The van der Waals surface area contributed by atoms with Crippen LogP contribution in [0.25, 0.3) is 5.69 Å². The van der Waals surface area contributed by atoms with Crippen molar-refractivity contribution in [2.75, 3.05) is 11.1 Å². The van der Waals surface area contributed by atoms with Crippen LogP contribution in [0.2, 0.25) is 5.02 Å². The summed E-state index contributed by atoms with van der Waals surface area (Å²) in [5.41, 5.74) is -0.721. The lowest BCUT2D eigenvalue weighted by molar-refractivity contribution is -0.113. The predicted octanol–water partition coefficient (Wildman–Crippen LogP) is 2.26. The third-order valence-electron chi connectivity index (χ3n) is 2.84. The van der Waals surface area contributed by atoms with Crippen molar-refractivity contribution in [3.63, 3.8) is 0 Å². The molecule has 122 valence electrons. The molecule has 0 saturated carbocycles. The van der Waals surface area contributed by atoms with Crippen LogP contribution in [-0.4, -0.2) is 26.5 Å². The predicted molar refractivity (Wildman–Crippen MR) is 93.9 cm³/mol. The van der Waals surface area contributed by atoms with Gasteiger partial charge in [0.25, 0.3) is 5.56 Å². The standard InChI is InChI=1S/C15H16ClN3O3S/c1-9(2)23-8-14(21)17-12-7-13(20)18-15(22)19(12)11-5-3-10(16)4-6-11/h3-7,9H,8H2,1-2H3,(H,17,21)(H,18,20,22). The average molecular weight is 354 g/mol. The number of nitrogens with one attached hydrogen (secondary N) is 2. The first-order chi connectivity index (χ1) is 10.9. The summed E-state index contributed by atoms with van der Waals surface area (Å²) in [6.45, 7) is 3.96. The van der Waals surface area contributed by atoms with E-state index in [2.05, 4.69) is 10.3 Å². The van der Waals surface area contributed by atoms with Crippen molar-refractivity contribution in [3.05, 3.63) is 56.2 Å². The fraction of sp³-hybridized carbons (Fsp3) is 0.267. The van der Waals surface area contributed by atoms with Gasteiger partial charge in [0.05, 0.1) is 11.4 Å². The molecule has 2 rings (SSSR count). The van der Waals surface area contributed by atoms with Crippen molar-refractivity contribution >= 4 is 35.1 Å². The van der Waals surface area contributed by atoms with Gasteiger partial charge in [-0.3, -0.25) is 14.6 Å². The Kier molecular flexibility index (Phi) is 5.68. The molecule has 2 aromatic rings. The van der Waals surface area contributed by atoms with Gasteiger partial charge >= 0.3 is 5.69 Å². The Labute approximate surface area is 141 Å². The van der Waals surface area contributed by atoms with E-state index in [-0.39, 0.29) is 17.5 Å². The number of thioether (sulfide) groups is 1. The number of anilines is 1. The second kappa shape index (κ2) is 7.52. The van der Waals surface area contributed by atoms with Gasteiger partial charge in [0.1, 0.15) is 5.82 Å². The van der Waals surface area contributed by atoms with E-state index in [9.17, 15) is 14.4 Å². The second-order valence-corrected chi connectivity index (χ2v) is 7.04. The topological polar surface area (TPSA) is 84.0 Å². The molecule has 0 aliphatic carbocycles. The van der Waals surface area contributed by atoms with Crippen LogP contribution in [0.4, 0.5) is 5.82 Å². The third-order valence-corrected chi connectivity index (χ3v) is 4.19. The Balaban J connectivity index is 2.38. The summed E-state index contributed by atoms with van der Waals surface area (Å²) in [7, 11) is 0. The first kappa shape index (κ1) is 17.4. The number of H-pyrrole nitrogens is 1. The Morgan fingerprint density at radius 3 is 2.57 bits per heavy atom. The minimum absolute atomic E-state index is 0.121. The van der Waals surface area contributed by atoms with Crippen molar-refractivity contribution in [2.24, 2.45) is 0 Å². The van der Waals surface area contributed by atoms with Crippen LogP contribution in [0.5, 0.6) is 0 Å². The van der Waals surface area contributed by atoms with Crippen LogP contribution in [-0.2, 0) is 4.79 Å². The molecule has 0 aliphatic rings. The lowest BCUT2D eigenvalue weighted by atomic mass is 10.3. The summed E-state index contributed by atoms with van der Waals surface area (Å²) in [4.78, 5) is 37.8. The summed E-state index contributed by atoms with van der Waals surface area (Å²) in [6.07, 6.45) is 0. The van der Waals surface area contributed by atoms with E-state index in [0.717, 1.165) is 0 Å². The van der Waals surface area contributed by atoms with Gasteiger partial charge in [-0.1, -0.05) is 25.4 Å². The lowest BCUT2D eigenvalue weighted by Crippen LogP contribution is -2.32. The number of nitrogens with zero attached hydrogens (tertiary/aromatic N) is 1. The molecule has 1 aromatic carbocycles. The molecule has 0 saturated heterocycles. The molecule has 1 amide bonds. The summed E-state index contributed by atoms with van der Waals surface area (Å²) >= 11 is 7.31. The van der Waals surface area contributed by atoms with Gasteiger partial charge in [0.2, 0.25) is 5.91 Å². The fourth-order valence-corrected chi connectivity index (χ4v) is 2.54. The van der Waals surface area contributed by atoms with Crippen molar-refractivity contribution in [1.82, 2.24) is 9.55 Å². The van der Waals surface area contributed by atoms with E-state index < -0.39 is 11.2 Å².